The Bertz CT molecular complexity index is 303. The van der Waals surface area contributed by atoms with Crippen LogP contribution in [0, 0.1) is 6.42 Å². The summed E-state index contributed by atoms with van der Waals surface area (Å²) in [6, 6.07) is 6.91. The van der Waals surface area contributed by atoms with Gasteiger partial charge in [-0.1, -0.05) is 13.3 Å². The molecule has 0 saturated heterocycles. The van der Waals surface area contributed by atoms with Crippen molar-refractivity contribution in [3.05, 3.63) is 30.7 Å². The quantitative estimate of drug-likeness (QED) is 0.550. The number of benzene rings is 1. The molecule has 1 aromatic rings. The molecule has 0 N–H and O–H groups in total. The molecule has 0 aliphatic rings. The molecule has 0 fully saturated rings. The van der Waals surface area contributed by atoms with Crippen molar-refractivity contribution in [2.75, 3.05) is 7.11 Å². The standard InChI is InChI=1S/C12H15O3/c1-3-4-5-12(13)15-11-8-6-10(14-2)7-9-11/h5-9H,3-4H2,1-2H3. The first-order valence-corrected chi connectivity index (χ1v) is 4.95. The number of hydrogen-bond acceptors (Lipinski definition) is 3. The van der Waals surface area contributed by atoms with Gasteiger partial charge in [-0.15, -0.1) is 0 Å². The fraction of sp³-hybridized carbons (Fsp3) is 0.333. The van der Waals surface area contributed by atoms with Gasteiger partial charge in [0.1, 0.15) is 11.5 Å². The second-order valence-corrected chi connectivity index (χ2v) is 3.09. The van der Waals surface area contributed by atoms with Gasteiger partial charge in [-0.25, -0.2) is 0 Å². The Morgan fingerprint density at radius 2 is 1.87 bits per heavy atom. The van der Waals surface area contributed by atoms with Crippen LogP contribution in [-0.4, -0.2) is 13.1 Å². The van der Waals surface area contributed by atoms with E-state index in [-0.39, 0.29) is 5.97 Å². The van der Waals surface area contributed by atoms with Crippen LogP contribution in [0.4, 0.5) is 0 Å². The highest BCUT2D eigenvalue weighted by Gasteiger charge is 2.04. The summed E-state index contributed by atoms with van der Waals surface area (Å²) in [7, 11) is 1.59. The van der Waals surface area contributed by atoms with Crippen molar-refractivity contribution in [1.29, 1.82) is 0 Å². The molecule has 0 aliphatic heterocycles. The molecular weight excluding hydrogens is 192 g/mol. The summed E-state index contributed by atoms with van der Waals surface area (Å²) in [5.41, 5.74) is 0. The van der Waals surface area contributed by atoms with Crippen LogP contribution in [-0.2, 0) is 4.79 Å². The monoisotopic (exact) mass is 207 g/mol. The third-order valence-corrected chi connectivity index (χ3v) is 1.88. The average molecular weight is 207 g/mol. The molecule has 0 heterocycles. The SMILES string of the molecule is CCC[CH]C(=O)Oc1ccc(OC)cc1. The van der Waals surface area contributed by atoms with E-state index in [1.165, 1.54) is 0 Å². The lowest BCUT2D eigenvalue weighted by atomic mass is 10.2. The van der Waals surface area contributed by atoms with Crippen LogP contribution in [0.5, 0.6) is 11.5 Å². The van der Waals surface area contributed by atoms with Gasteiger partial charge in [-0.3, -0.25) is 4.79 Å². The van der Waals surface area contributed by atoms with Crippen molar-refractivity contribution in [1.82, 2.24) is 0 Å². The molecule has 15 heavy (non-hydrogen) atoms. The minimum Gasteiger partial charge on any atom is -0.497 e. The number of rotatable bonds is 5. The molecule has 0 bridgehead atoms. The van der Waals surface area contributed by atoms with Crippen molar-refractivity contribution in [2.24, 2.45) is 0 Å². The van der Waals surface area contributed by atoms with E-state index in [9.17, 15) is 4.79 Å². The summed E-state index contributed by atoms with van der Waals surface area (Å²) in [4.78, 5) is 11.2. The summed E-state index contributed by atoms with van der Waals surface area (Å²) in [6.45, 7) is 2.01. The van der Waals surface area contributed by atoms with Gasteiger partial charge >= 0.3 is 5.97 Å². The molecule has 0 aromatic heterocycles. The highest BCUT2D eigenvalue weighted by molar-refractivity contribution is 5.80. The fourth-order valence-corrected chi connectivity index (χ4v) is 1.06. The van der Waals surface area contributed by atoms with Crippen LogP contribution < -0.4 is 9.47 Å². The molecule has 1 radical (unpaired) electrons. The van der Waals surface area contributed by atoms with Crippen molar-refractivity contribution in [3.63, 3.8) is 0 Å². The van der Waals surface area contributed by atoms with E-state index >= 15 is 0 Å². The van der Waals surface area contributed by atoms with Gasteiger partial charge in [0.15, 0.2) is 0 Å². The van der Waals surface area contributed by atoms with Gasteiger partial charge in [-0.05, 0) is 30.7 Å². The predicted molar refractivity (Wildman–Crippen MR) is 57.8 cm³/mol. The van der Waals surface area contributed by atoms with Crippen molar-refractivity contribution in [3.8, 4) is 11.5 Å². The molecule has 0 unspecified atom stereocenters. The number of carbonyl (C=O) groups excluding carboxylic acids is 1. The normalized spacial score (nSPS) is 9.73. The Hall–Kier alpha value is -1.51. The summed E-state index contributed by atoms with van der Waals surface area (Å²) < 4.78 is 10.1. The number of methoxy groups -OCH3 is 1. The molecule has 0 aliphatic carbocycles. The van der Waals surface area contributed by atoms with Gasteiger partial charge in [0.2, 0.25) is 0 Å². The number of unbranched alkanes of at least 4 members (excludes halogenated alkanes) is 1. The Balaban J connectivity index is 2.46. The third kappa shape index (κ3) is 4.02. The van der Waals surface area contributed by atoms with E-state index in [2.05, 4.69) is 0 Å². The maximum atomic E-state index is 11.2. The molecule has 81 valence electrons. The summed E-state index contributed by atoms with van der Waals surface area (Å²) in [5.74, 6) is 0.975. The van der Waals surface area contributed by atoms with E-state index in [1.807, 2.05) is 6.92 Å². The summed E-state index contributed by atoms with van der Waals surface area (Å²) in [5, 5.41) is 0. The number of carbonyl (C=O) groups is 1. The minimum atomic E-state index is -0.304. The van der Waals surface area contributed by atoms with E-state index < -0.39 is 0 Å². The maximum Gasteiger partial charge on any atom is 0.315 e. The first-order chi connectivity index (χ1) is 7.26. The molecule has 0 amide bonds. The Morgan fingerprint density at radius 3 is 2.40 bits per heavy atom. The average Bonchev–Trinajstić information content (AvgIpc) is 2.27. The lowest BCUT2D eigenvalue weighted by Gasteiger charge is -2.04. The number of ether oxygens (including phenoxy) is 2. The maximum absolute atomic E-state index is 11.2. The third-order valence-electron chi connectivity index (χ3n) is 1.88. The van der Waals surface area contributed by atoms with Crippen LogP contribution in [0.15, 0.2) is 24.3 Å². The van der Waals surface area contributed by atoms with Gasteiger partial charge in [-0.2, -0.15) is 0 Å². The molecule has 0 saturated carbocycles. The number of esters is 1. The van der Waals surface area contributed by atoms with Crippen molar-refractivity contribution >= 4 is 5.97 Å². The van der Waals surface area contributed by atoms with E-state index in [4.69, 9.17) is 9.47 Å². The highest BCUT2D eigenvalue weighted by atomic mass is 16.5. The molecule has 1 rings (SSSR count). The lowest BCUT2D eigenvalue weighted by molar-refractivity contribution is -0.130. The predicted octanol–water partition coefficient (Wildman–Crippen LogP) is 2.60. The second kappa shape index (κ2) is 6.06. The Morgan fingerprint density at radius 1 is 1.27 bits per heavy atom. The molecule has 0 spiro atoms. The van der Waals surface area contributed by atoms with Crippen LogP contribution in [0.1, 0.15) is 19.8 Å². The number of hydrogen-bond donors (Lipinski definition) is 0. The van der Waals surface area contributed by atoms with Crippen LogP contribution in [0.3, 0.4) is 0 Å². The van der Waals surface area contributed by atoms with Gasteiger partial charge in [0.05, 0.1) is 13.5 Å². The summed E-state index contributed by atoms with van der Waals surface area (Å²) >= 11 is 0. The van der Waals surface area contributed by atoms with E-state index in [1.54, 1.807) is 37.8 Å². The van der Waals surface area contributed by atoms with E-state index in [0.717, 1.165) is 18.6 Å². The largest absolute Gasteiger partial charge is 0.497 e. The van der Waals surface area contributed by atoms with Crippen LogP contribution in [0.25, 0.3) is 0 Å². The van der Waals surface area contributed by atoms with Gasteiger partial charge in [0, 0.05) is 0 Å². The van der Waals surface area contributed by atoms with Gasteiger partial charge < -0.3 is 9.47 Å². The highest BCUT2D eigenvalue weighted by Crippen LogP contribution is 2.17. The fourth-order valence-electron chi connectivity index (χ4n) is 1.06. The molecule has 3 heteroatoms. The molecule has 3 nitrogen and oxygen atoms in total. The summed E-state index contributed by atoms with van der Waals surface area (Å²) in [6.07, 6.45) is 3.23. The topological polar surface area (TPSA) is 35.5 Å². The first-order valence-electron chi connectivity index (χ1n) is 4.95. The molecule has 1 aromatic carbocycles. The smallest absolute Gasteiger partial charge is 0.315 e. The Kier molecular flexibility index (Phi) is 4.68. The zero-order chi connectivity index (χ0) is 11.1. The first kappa shape index (κ1) is 11.6. The zero-order valence-electron chi connectivity index (χ0n) is 9.03. The zero-order valence-corrected chi connectivity index (χ0v) is 9.03. The minimum absolute atomic E-state index is 0.304. The lowest BCUT2D eigenvalue weighted by Crippen LogP contribution is -2.07. The van der Waals surface area contributed by atoms with Gasteiger partial charge in [0.25, 0.3) is 0 Å². The van der Waals surface area contributed by atoms with Crippen LogP contribution in [0.2, 0.25) is 0 Å². The molecular formula is C12H15O3. The van der Waals surface area contributed by atoms with Crippen LogP contribution >= 0.6 is 0 Å². The molecule has 0 atom stereocenters. The second-order valence-electron chi connectivity index (χ2n) is 3.09. The van der Waals surface area contributed by atoms with Crippen molar-refractivity contribution in [2.45, 2.75) is 19.8 Å². The Labute approximate surface area is 90.0 Å². The van der Waals surface area contributed by atoms with Crippen molar-refractivity contribution < 1.29 is 14.3 Å². The van der Waals surface area contributed by atoms with E-state index in [0.29, 0.717) is 5.75 Å².